The lowest BCUT2D eigenvalue weighted by Gasteiger charge is -2.44. The van der Waals surface area contributed by atoms with Crippen molar-refractivity contribution in [1.82, 2.24) is 9.97 Å². The third kappa shape index (κ3) is 3.17. The van der Waals surface area contributed by atoms with Crippen LogP contribution in [0.4, 0.5) is 19.0 Å². The average Bonchev–Trinajstić information content (AvgIpc) is 3.32. The smallest absolute Gasteiger partial charge is 0.451 e. The molecule has 2 atom stereocenters. The molecule has 0 spiro atoms. The fourth-order valence-electron chi connectivity index (χ4n) is 3.27. The topological polar surface area (TPSA) is 86.5 Å². The zero-order valence-electron chi connectivity index (χ0n) is 12.8. The molecule has 0 amide bonds. The van der Waals surface area contributed by atoms with E-state index in [9.17, 15) is 28.2 Å². The number of hydrogen-bond acceptors (Lipinski definition) is 5. The number of carboxylic acid groups (broad SMARTS) is 1. The van der Waals surface area contributed by atoms with E-state index in [2.05, 4.69) is 9.97 Å². The molecular weight excluding hydrogens is 327 g/mol. The van der Waals surface area contributed by atoms with Gasteiger partial charge in [-0.25, -0.2) is 9.97 Å². The number of halogens is 3. The van der Waals surface area contributed by atoms with E-state index in [1.807, 2.05) is 0 Å². The zero-order chi connectivity index (χ0) is 17.5. The van der Waals surface area contributed by atoms with Crippen molar-refractivity contribution in [2.75, 3.05) is 18.0 Å². The Morgan fingerprint density at radius 3 is 2.67 bits per heavy atom. The van der Waals surface area contributed by atoms with Gasteiger partial charge in [0.1, 0.15) is 11.2 Å². The molecule has 1 aliphatic carbocycles. The number of carboxylic acids is 1. The second kappa shape index (κ2) is 5.87. The molecule has 0 aromatic carbocycles. The summed E-state index contributed by atoms with van der Waals surface area (Å²) < 4.78 is 38.3. The number of anilines is 1. The van der Waals surface area contributed by atoms with Gasteiger partial charge in [-0.05, 0) is 24.8 Å². The van der Waals surface area contributed by atoms with Gasteiger partial charge in [-0.2, -0.15) is 13.2 Å². The molecule has 9 heteroatoms. The zero-order valence-corrected chi connectivity index (χ0v) is 12.8. The van der Waals surface area contributed by atoms with Gasteiger partial charge in [0, 0.05) is 19.3 Å². The molecule has 2 fully saturated rings. The van der Waals surface area contributed by atoms with Crippen LogP contribution in [0.15, 0.2) is 12.3 Å². The Balaban J connectivity index is 1.88. The Morgan fingerprint density at radius 2 is 2.08 bits per heavy atom. The van der Waals surface area contributed by atoms with Crippen molar-refractivity contribution in [3.05, 3.63) is 18.1 Å². The molecule has 1 saturated carbocycles. The lowest BCUT2D eigenvalue weighted by atomic mass is 9.73. The molecule has 1 saturated heterocycles. The van der Waals surface area contributed by atoms with E-state index in [1.165, 1.54) is 11.0 Å². The number of hydrogen-bond donors (Lipinski definition) is 2. The standard InChI is InChI=1S/C15H18F3N3O3/c16-15(17,18)12-19-5-3-11(20-12)21-6-4-10(22)14(8-21,13(23)24)7-9-1-2-9/h3,5,9-10,22H,1-2,4,6-8H2,(H,23,24)/t10-,14-/m1/s1. The van der Waals surface area contributed by atoms with E-state index in [-0.39, 0.29) is 31.2 Å². The van der Waals surface area contributed by atoms with Crippen molar-refractivity contribution in [2.45, 2.75) is 38.0 Å². The maximum absolute atomic E-state index is 12.8. The van der Waals surface area contributed by atoms with Gasteiger partial charge in [0.05, 0.1) is 6.10 Å². The van der Waals surface area contributed by atoms with Crippen LogP contribution >= 0.6 is 0 Å². The summed E-state index contributed by atoms with van der Waals surface area (Å²) in [5.74, 6) is -2.08. The van der Waals surface area contributed by atoms with Crippen molar-refractivity contribution in [3.63, 3.8) is 0 Å². The molecular formula is C15H18F3N3O3. The summed E-state index contributed by atoms with van der Waals surface area (Å²) in [6, 6.07) is 1.33. The minimum Gasteiger partial charge on any atom is -0.481 e. The Labute approximate surface area is 136 Å². The molecule has 0 bridgehead atoms. The second-order valence-electron chi connectivity index (χ2n) is 6.57. The molecule has 0 unspecified atom stereocenters. The third-order valence-corrected chi connectivity index (χ3v) is 4.78. The van der Waals surface area contributed by atoms with Gasteiger partial charge < -0.3 is 15.1 Å². The number of carbonyl (C=O) groups is 1. The predicted octanol–water partition coefficient (Wildman–Crippen LogP) is 1.94. The van der Waals surface area contributed by atoms with Gasteiger partial charge in [0.2, 0.25) is 5.82 Å². The summed E-state index contributed by atoms with van der Waals surface area (Å²) in [4.78, 5) is 20.1. The maximum atomic E-state index is 12.8. The third-order valence-electron chi connectivity index (χ3n) is 4.78. The molecule has 1 aliphatic heterocycles. The summed E-state index contributed by atoms with van der Waals surface area (Å²) in [5, 5.41) is 20.0. The van der Waals surface area contributed by atoms with Crippen molar-refractivity contribution < 1.29 is 28.2 Å². The number of alkyl halides is 3. The van der Waals surface area contributed by atoms with Crippen LogP contribution in [0.3, 0.4) is 0 Å². The van der Waals surface area contributed by atoms with Crippen LogP contribution < -0.4 is 4.90 Å². The fourth-order valence-corrected chi connectivity index (χ4v) is 3.27. The Kier molecular flexibility index (Phi) is 4.15. The molecule has 2 aliphatic rings. The number of aliphatic hydroxyl groups excluding tert-OH is 1. The largest absolute Gasteiger partial charge is 0.481 e. The number of aromatic nitrogens is 2. The van der Waals surface area contributed by atoms with Crippen LogP contribution in [0.1, 0.15) is 31.5 Å². The molecule has 24 heavy (non-hydrogen) atoms. The van der Waals surface area contributed by atoms with Crippen molar-refractivity contribution >= 4 is 11.8 Å². The van der Waals surface area contributed by atoms with Crippen LogP contribution in [-0.4, -0.2) is 45.3 Å². The summed E-state index contributed by atoms with van der Waals surface area (Å²) in [6.45, 7) is 0.184. The van der Waals surface area contributed by atoms with Gasteiger partial charge >= 0.3 is 12.1 Å². The van der Waals surface area contributed by atoms with Crippen LogP contribution in [0.5, 0.6) is 0 Å². The van der Waals surface area contributed by atoms with E-state index >= 15 is 0 Å². The molecule has 1 aromatic heterocycles. The van der Waals surface area contributed by atoms with Crippen LogP contribution in [0, 0.1) is 11.3 Å². The van der Waals surface area contributed by atoms with Crippen molar-refractivity contribution in [2.24, 2.45) is 11.3 Å². The molecule has 132 valence electrons. The highest BCUT2D eigenvalue weighted by atomic mass is 19.4. The Morgan fingerprint density at radius 1 is 1.38 bits per heavy atom. The highest BCUT2D eigenvalue weighted by Crippen LogP contribution is 2.45. The van der Waals surface area contributed by atoms with E-state index in [0.29, 0.717) is 6.42 Å². The second-order valence-corrected chi connectivity index (χ2v) is 6.57. The highest BCUT2D eigenvalue weighted by molar-refractivity contribution is 5.77. The summed E-state index contributed by atoms with van der Waals surface area (Å²) >= 11 is 0. The van der Waals surface area contributed by atoms with E-state index in [1.54, 1.807) is 0 Å². The quantitative estimate of drug-likeness (QED) is 0.867. The Hall–Kier alpha value is -1.90. The first kappa shape index (κ1) is 16.9. The fraction of sp³-hybridized carbons (Fsp3) is 0.667. The van der Waals surface area contributed by atoms with Gasteiger partial charge in [-0.1, -0.05) is 12.8 Å². The van der Waals surface area contributed by atoms with Crippen LogP contribution in [0.25, 0.3) is 0 Å². The van der Waals surface area contributed by atoms with Gasteiger partial charge in [0.25, 0.3) is 0 Å². The molecule has 0 radical (unpaired) electrons. The Bertz CT molecular complexity index is 636. The van der Waals surface area contributed by atoms with E-state index in [0.717, 1.165) is 19.0 Å². The maximum Gasteiger partial charge on any atom is 0.451 e. The minimum atomic E-state index is -4.66. The lowest BCUT2D eigenvalue weighted by molar-refractivity contribution is -0.159. The molecule has 3 rings (SSSR count). The summed E-state index contributed by atoms with van der Waals surface area (Å²) in [7, 11) is 0. The van der Waals surface area contributed by atoms with Gasteiger partial charge in [-0.15, -0.1) is 0 Å². The number of rotatable bonds is 4. The van der Waals surface area contributed by atoms with E-state index < -0.39 is 29.5 Å². The normalized spacial score (nSPS) is 28.0. The first-order chi connectivity index (χ1) is 11.2. The SMILES string of the molecule is O=C(O)[C@]1(CC2CC2)CN(c2ccnc(C(F)(F)F)n2)CC[C@H]1O. The average molecular weight is 345 g/mol. The van der Waals surface area contributed by atoms with Gasteiger partial charge in [-0.3, -0.25) is 4.79 Å². The lowest BCUT2D eigenvalue weighted by Crippen LogP contribution is -2.56. The summed E-state index contributed by atoms with van der Waals surface area (Å²) in [6.07, 6.45) is -2.32. The van der Waals surface area contributed by atoms with Crippen molar-refractivity contribution in [1.29, 1.82) is 0 Å². The molecule has 2 N–H and O–H groups in total. The number of nitrogens with zero attached hydrogens (tertiary/aromatic N) is 3. The van der Waals surface area contributed by atoms with Crippen molar-refractivity contribution in [3.8, 4) is 0 Å². The first-order valence-electron chi connectivity index (χ1n) is 7.79. The van der Waals surface area contributed by atoms with E-state index in [4.69, 9.17) is 0 Å². The number of aliphatic hydroxyl groups is 1. The monoisotopic (exact) mass is 345 g/mol. The van der Waals surface area contributed by atoms with Crippen LogP contribution in [-0.2, 0) is 11.0 Å². The number of aliphatic carboxylic acids is 1. The number of piperidine rings is 1. The molecule has 2 heterocycles. The molecule has 6 nitrogen and oxygen atoms in total. The first-order valence-corrected chi connectivity index (χ1v) is 7.79. The van der Waals surface area contributed by atoms with Gasteiger partial charge in [0.15, 0.2) is 0 Å². The highest BCUT2D eigenvalue weighted by Gasteiger charge is 2.52. The van der Waals surface area contributed by atoms with Crippen LogP contribution in [0.2, 0.25) is 0 Å². The summed E-state index contributed by atoms with van der Waals surface area (Å²) in [5.41, 5.74) is -1.37. The minimum absolute atomic E-state index is 0.0330. The molecule has 1 aromatic rings. The predicted molar refractivity (Wildman–Crippen MR) is 77.3 cm³/mol.